The van der Waals surface area contributed by atoms with Crippen molar-refractivity contribution in [3.63, 3.8) is 0 Å². The number of nitrogens with zero attached hydrogens (tertiary/aromatic N) is 3. The standard InChI is InChI=1S/C20H23N5S/c1-6-7-21-20(26)23-18-11-15(5)24-25(18)17-10-13(3)16-9-12(2)8-14(4)19(16)22-17/h6,8-11H,1,7H2,2-5H3,(H2,21,23,26). The molecule has 1 aromatic carbocycles. The van der Waals surface area contributed by atoms with Crippen molar-refractivity contribution >= 4 is 34.1 Å². The van der Waals surface area contributed by atoms with E-state index < -0.39 is 0 Å². The van der Waals surface area contributed by atoms with Crippen LogP contribution in [0.2, 0.25) is 0 Å². The summed E-state index contributed by atoms with van der Waals surface area (Å²) < 4.78 is 1.79. The fourth-order valence-corrected chi connectivity index (χ4v) is 3.21. The first-order valence-electron chi connectivity index (χ1n) is 8.50. The molecule has 0 amide bonds. The Labute approximate surface area is 159 Å². The lowest BCUT2D eigenvalue weighted by Gasteiger charge is -2.13. The first-order valence-corrected chi connectivity index (χ1v) is 8.91. The summed E-state index contributed by atoms with van der Waals surface area (Å²) in [7, 11) is 0. The largest absolute Gasteiger partial charge is 0.359 e. The molecule has 0 bridgehead atoms. The third kappa shape index (κ3) is 3.60. The van der Waals surface area contributed by atoms with Gasteiger partial charge in [0.15, 0.2) is 10.9 Å². The second kappa shape index (κ2) is 7.25. The maximum atomic E-state index is 5.33. The molecule has 0 spiro atoms. The summed E-state index contributed by atoms with van der Waals surface area (Å²) >= 11 is 5.33. The van der Waals surface area contributed by atoms with Crippen LogP contribution in [0.5, 0.6) is 0 Å². The Kier molecular flexibility index (Phi) is 5.04. The molecule has 3 aromatic rings. The average molecular weight is 366 g/mol. The number of fused-ring (bicyclic) bond motifs is 1. The molecule has 134 valence electrons. The molecule has 3 rings (SSSR count). The summed E-state index contributed by atoms with van der Waals surface area (Å²) in [5.41, 5.74) is 5.45. The molecule has 2 heterocycles. The molecule has 6 heteroatoms. The fraction of sp³-hybridized carbons (Fsp3) is 0.250. The van der Waals surface area contributed by atoms with Gasteiger partial charge in [-0.05, 0) is 63.2 Å². The van der Waals surface area contributed by atoms with Gasteiger partial charge in [-0.3, -0.25) is 0 Å². The lowest BCUT2D eigenvalue weighted by atomic mass is 10.0. The van der Waals surface area contributed by atoms with Crippen LogP contribution in [-0.4, -0.2) is 26.4 Å². The molecule has 5 nitrogen and oxygen atoms in total. The summed E-state index contributed by atoms with van der Waals surface area (Å²) in [5, 5.41) is 12.5. The molecule has 0 radical (unpaired) electrons. The van der Waals surface area contributed by atoms with Crippen molar-refractivity contribution in [2.75, 3.05) is 11.9 Å². The van der Waals surface area contributed by atoms with Gasteiger partial charge < -0.3 is 10.6 Å². The first kappa shape index (κ1) is 18.1. The molecule has 26 heavy (non-hydrogen) atoms. The number of hydrogen-bond acceptors (Lipinski definition) is 3. The zero-order valence-corrected chi connectivity index (χ0v) is 16.4. The van der Waals surface area contributed by atoms with E-state index in [0.29, 0.717) is 11.7 Å². The van der Waals surface area contributed by atoms with E-state index in [1.54, 1.807) is 10.8 Å². The van der Waals surface area contributed by atoms with Crippen LogP contribution in [0, 0.1) is 27.7 Å². The van der Waals surface area contributed by atoms with Gasteiger partial charge in [0, 0.05) is 18.0 Å². The van der Waals surface area contributed by atoms with Gasteiger partial charge in [0.05, 0.1) is 11.2 Å². The number of aromatic nitrogens is 3. The van der Waals surface area contributed by atoms with Gasteiger partial charge in [-0.2, -0.15) is 9.78 Å². The lowest BCUT2D eigenvalue weighted by Crippen LogP contribution is -2.29. The Balaban J connectivity index is 2.07. The van der Waals surface area contributed by atoms with E-state index in [4.69, 9.17) is 17.2 Å². The van der Waals surface area contributed by atoms with Crippen LogP contribution >= 0.6 is 12.2 Å². The van der Waals surface area contributed by atoms with E-state index in [1.807, 2.05) is 13.0 Å². The number of nitrogens with one attached hydrogen (secondary N) is 2. The maximum absolute atomic E-state index is 5.33. The maximum Gasteiger partial charge on any atom is 0.172 e. The lowest BCUT2D eigenvalue weighted by molar-refractivity contribution is 0.843. The quantitative estimate of drug-likeness (QED) is 0.538. The van der Waals surface area contributed by atoms with Crippen molar-refractivity contribution in [3.8, 4) is 5.82 Å². The third-order valence-electron chi connectivity index (χ3n) is 4.14. The Morgan fingerprint density at radius 1 is 1.15 bits per heavy atom. The van der Waals surface area contributed by atoms with Crippen LogP contribution in [0.25, 0.3) is 16.7 Å². The molecule has 0 atom stereocenters. The summed E-state index contributed by atoms with van der Waals surface area (Å²) in [5.74, 6) is 1.55. The molecule has 0 fully saturated rings. The zero-order chi connectivity index (χ0) is 18.8. The van der Waals surface area contributed by atoms with Crippen molar-refractivity contribution in [1.82, 2.24) is 20.1 Å². The van der Waals surface area contributed by atoms with Gasteiger partial charge in [0.1, 0.15) is 5.82 Å². The van der Waals surface area contributed by atoms with Crippen LogP contribution in [-0.2, 0) is 0 Å². The molecule has 0 aliphatic carbocycles. The highest BCUT2D eigenvalue weighted by molar-refractivity contribution is 7.80. The van der Waals surface area contributed by atoms with E-state index in [-0.39, 0.29) is 0 Å². The number of benzene rings is 1. The second-order valence-corrected chi connectivity index (χ2v) is 6.89. The van der Waals surface area contributed by atoms with Crippen molar-refractivity contribution < 1.29 is 0 Å². The molecule has 2 aromatic heterocycles. The van der Waals surface area contributed by atoms with E-state index in [9.17, 15) is 0 Å². The molecule has 0 aliphatic rings. The van der Waals surface area contributed by atoms with Gasteiger partial charge in [-0.25, -0.2) is 4.98 Å². The number of hydrogen-bond donors (Lipinski definition) is 2. The summed E-state index contributed by atoms with van der Waals surface area (Å²) in [6, 6.07) is 8.33. The van der Waals surface area contributed by atoms with Crippen molar-refractivity contribution in [2.24, 2.45) is 0 Å². The predicted octanol–water partition coefficient (Wildman–Crippen LogP) is 4.13. The van der Waals surface area contributed by atoms with E-state index >= 15 is 0 Å². The predicted molar refractivity (Wildman–Crippen MR) is 112 cm³/mol. The first-order chi connectivity index (χ1) is 12.4. The highest BCUT2D eigenvalue weighted by Crippen LogP contribution is 2.25. The Hall–Kier alpha value is -2.73. The van der Waals surface area contributed by atoms with E-state index in [1.165, 1.54) is 16.5 Å². The third-order valence-corrected chi connectivity index (χ3v) is 4.39. The number of pyridine rings is 1. The molecular weight excluding hydrogens is 342 g/mol. The van der Waals surface area contributed by atoms with Gasteiger partial charge in [0.2, 0.25) is 0 Å². The monoisotopic (exact) mass is 365 g/mol. The molecule has 0 aliphatic heterocycles. The van der Waals surface area contributed by atoms with Gasteiger partial charge in [-0.15, -0.1) is 6.58 Å². The molecule has 2 N–H and O–H groups in total. The second-order valence-electron chi connectivity index (χ2n) is 6.48. The molecule has 0 saturated carbocycles. The van der Waals surface area contributed by atoms with Crippen LogP contribution < -0.4 is 10.6 Å². The van der Waals surface area contributed by atoms with Crippen LogP contribution in [0.1, 0.15) is 22.4 Å². The number of anilines is 1. The Morgan fingerprint density at radius 3 is 2.65 bits per heavy atom. The summed E-state index contributed by atoms with van der Waals surface area (Å²) in [4.78, 5) is 4.87. The van der Waals surface area contributed by atoms with Gasteiger partial charge in [-0.1, -0.05) is 17.7 Å². The average Bonchev–Trinajstić information content (AvgIpc) is 2.94. The normalized spacial score (nSPS) is 10.8. The van der Waals surface area contributed by atoms with Crippen LogP contribution in [0.15, 0.2) is 36.9 Å². The smallest absolute Gasteiger partial charge is 0.172 e. The van der Waals surface area contributed by atoms with E-state index in [0.717, 1.165) is 28.4 Å². The van der Waals surface area contributed by atoms with Crippen molar-refractivity contribution in [2.45, 2.75) is 27.7 Å². The number of rotatable bonds is 4. The fourth-order valence-electron chi connectivity index (χ4n) is 3.02. The van der Waals surface area contributed by atoms with Crippen molar-refractivity contribution in [1.29, 1.82) is 0 Å². The van der Waals surface area contributed by atoms with Gasteiger partial charge >= 0.3 is 0 Å². The topological polar surface area (TPSA) is 54.8 Å². The molecule has 0 unspecified atom stereocenters. The van der Waals surface area contributed by atoms with Crippen LogP contribution in [0.3, 0.4) is 0 Å². The summed E-state index contributed by atoms with van der Waals surface area (Å²) in [6.07, 6.45) is 1.76. The van der Waals surface area contributed by atoms with Gasteiger partial charge in [0.25, 0.3) is 0 Å². The van der Waals surface area contributed by atoms with Crippen molar-refractivity contribution in [3.05, 3.63) is 59.3 Å². The number of aryl methyl sites for hydroxylation is 4. The zero-order valence-electron chi connectivity index (χ0n) is 15.6. The highest BCUT2D eigenvalue weighted by Gasteiger charge is 2.13. The summed E-state index contributed by atoms with van der Waals surface area (Å²) in [6.45, 7) is 12.5. The van der Waals surface area contributed by atoms with E-state index in [2.05, 4.69) is 61.3 Å². The molecular formula is C20H23N5S. The number of thiocarbonyl (C=S) groups is 1. The minimum atomic E-state index is 0.523. The Morgan fingerprint density at radius 2 is 1.92 bits per heavy atom. The minimum absolute atomic E-state index is 0.523. The minimum Gasteiger partial charge on any atom is -0.359 e. The van der Waals surface area contributed by atoms with Crippen LogP contribution in [0.4, 0.5) is 5.82 Å². The SMILES string of the molecule is C=CCNC(=S)Nc1cc(C)nn1-c1cc(C)c2cc(C)cc(C)c2n1. The molecule has 0 saturated heterocycles. The Bertz CT molecular complexity index is 1000. The highest BCUT2D eigenvalue weighted by atomic mass is 32.1.